The van der Waals surface area contributed by atoms with Gasteiger partial charge in [0.05, 0.1) is 6.61 Å². The lowest BCUT2D eigenvalue weighted by molar-refractivity contribution is -0.139. The first-order valence-corrected chi connectivity index (χ1v) is 5.88. The number of ether oxygens (including phenoxy) is 2. The zero-order valence-electron chi connectivity index (χ0n) is 11.0. The van der Waals surface area contributed by atoms with Crippen molar-refractivity contribution in [2.75, 3.05) is 6.61 Å². The van der Waals surface area contributed by atoms with E-state index in [9.17, 15) is 22.8 Å². The fraction of sp³-hybridized carbons (Fsp3) is 0.308. The number of aliphatic imine (C=N–C) groups is 1. The zero-order chi connectivity index (χ0) is 15.9. The number of carbonyl (C=O) groups is 2. The first kappa shape index (κ1) is 16.7. The molecule has 5 nitrogen and oxygen atoms in total. The first-order chi connectivity index (χ1) is 9.84. The quantitative estimate of drug-likeness (QED) is 0.633. The van der Waals surface area contributed by atoms with Gasteiger partial charge in [-0.25, -0.2) is 9.59 Å². The standard InChI is InChI=1S/C13H12F3NO4/c1-2-20-11(18)10(13(14,15)16)17-12(19)21-8-9-6-4-3-5-7-9/h3-7H,2,8H2,1H3/b17-10+. The Kier molecular flexibility index (Phi) is 5.89. The molecule has 0 spiro atoms. The van der Waals surface area contributed by atoms with Crippen molar-refractivity contribution >= 4 is 17.8 Å². The predicted octanol–water partition coefficient (Wildman–Crippen LogP) is 2.89. The molecule has 0 bridgehead atoms. The lowest BCUT2D eigenvalue weighted by Crippen LogP contribution is -2.33. The average molecular weight is 303 g/mol. The highest BCUT2D eigenvalue weighted by Crippen LogP contribution is 2.19. The summed E-state index contributed by atoms with van der Waals surface area (Å²) in [5.74, 6) is -1.72. The van der Waals surface area contributed by atoms with Crippen LogP contribution in [0.15, 0.2) is 35.3 Å². The van der Waals surface area contributed by atoms with E-state index < -0.39 is 24.0 Å². The minimum absolute atomic E-state index is 0.253. The van der Waals surface area contributed by atoms with E-state index in [-0.39, 0.29) is 13.2 Å². The third-order valence-electron chi connectivity index (χ3n) is 2.15. The number of alkyl halides is 3. The van der Waals surface area contributed by atoms with E-state index in [1.54, 1.807) is 30.3 Å². The SMILES string of the molecule is CCOC(=O)/C(=N\C(=O)OCc1ccccc1)C(F)(F)F. The molecule has 0 heterocycles. The molecule has 0 atom stereocenters. The Balaban J connectivity index is 2.75. The van der Waals surface area contributed by atoms with Crippen LogP contribution in [-0.2, 0) is 20.9 Å². The molecular weight excluding hydrogens is 291 g/mol. The van der Waals surface area contributed by atoms with Crippen LogP contribution in [0.25, 0.3) is 0 Å². The van der Waals surface area contributed by atoms with Gasteiger partial charge in [-0.3, -0.25) is 0 Å². The van der Waals surface area contributed by atoms with Gasteiger partial charge in [0.25, 0.3) is 0 Å². The van der Waals surface area contributed by atoms with Gasteiger partial charge in [0, 0.05) is 0 Å². The van der Waals surface area contributed by atoms with Crippen molar-refractivity contribution in [3.63, 3.8) is 0 Å². The number of hydrogen-bond donors (Lipinski definition) is 0. The van der Waals surface area contributed by atoms with Crippen molar-refractivity contribution in [3.05, 3.63) is 35.9 Å². The van der Waals surface area contributed by atoms with Crippen LogP contribution >= 0.6 is 0 Å². The number of benzene rings is 1. The maximum Gasteiger partial charge on any atom is 0.440 e. The lowest BCUT2D eigenvalue weighted by Gasteiger charge is -2.09. The van der Waals surface area contributed by atoms with Crippen molar-refractivity contribution in [2.24, 2.45) is 4.99 Å². The number of halogens is 3. The molecule has 0 aliphatic rings. The fourth-order valence-electron chi connectivity index (χ4n) is 1.27. The smallest absolute Gasteiger partial charge is 0.440 e. The van der Waals surface area contributed by atoms with Crippen molar-refractivity contribution in [1.82, 2.24) is 0 Å². The Morgan fingerprint density at radius 3 is 2.29 bits per heavy atom. The highest BCUT2D eigenvalue weighted by Gasteiger charge is 2.43. The van der Waals surface area contributed by atoms with E-state index in [4.69, 9.17) is 0 Å². The molecule has 0 fully saturated rings. The minimum Gasteiger partial charge on any atom is -0.461 e. The summed E-state index contributed by atoms with van der Waals surface area (Å²) in [5, 5.41) is 0. The van der Waals surface area contributed by atoms with E-state index in [0.717, 1.165) is 0 Å². The second kappa shape index (κ2) is 7.41. The molecule has 21 heavy (non-hydrogen) atoms. The molecule has 0 radical (unpaired) electrons. The van der Waals surface area contributed by atoms with Crippen molar-refractivity contribution < 1.29 is 32.2 Å². The van der Waals surface area contributed by atoms with Crippen molar-refractivity contribution in [1.29, 1.82) is 0 Å². The third kappa shape index (κ3) is 5.64. The summed E-state index contributed by atoms with van der Waals surface area (Å²) in [7, 11) is 0. The van der Waals surface area contributed by atoms with Gasteiger partial charge >= 0.3 is 18.2 Å². The van der Waals surface area contributed by atoms with Crippen LogP contribution in [0.3, 0.4) is 0 Å². The normalized spacial score (nSPS) is 11.9. The molecule has 0 aliphatic carbocycles. The minimum atomic E-state index is -5.10. The number of amides is 1. The van der Waals surface area contributed by atoms with Gasteiger partial charge in [0.2, 0.25) is 5.71 Å². The van der Waals surface area contributed by atoms with Crippen molar-refractivity contribution in [3.8, 4) is 0 Å². The Bertz CT molecular complexity index is 526. The topological polar surface area (TPSA) is 65.0 Å². The molecule has 8 heteroatoms. The first-order valence-electron chi connectivity index (χ1n) is 5.88. The van der Waals surface area contributed by atoms with Crippen LogP contribution < -0.4 is 0 Å². The third-order valence-corrected chi connectivity index (χ3v) is 2.15. The largest absolute Gasteiger partial charge is 0.461 e. The second-order valence-electron chi connectivity index (χ2n) is 3.72. The molecule has 114 valence electrons. The predicted molar refractivity (Wildman–Crippen MR) is 66.8 cm³/mol. The molecule has 0 unspecified atom stereocenters. The average Bonchev–Trinajstić information content (AvgIpc) is 2.42. The second-order valence-corrected chi connectivity index (χ2v) is 3.72. The van der Waals surface area contributed by atoms with E-state index >= 15 is 0 Å². The Morgan fingerprint density at radius 1 is 1.14 bits per heavy atom. The molecule has 0 N–H and O–H groups in total. The van der Waals surface area contributed by atoms with Crippen LogP contribution in [0.4, 0.5) is 18.0 Å². The Morgan fingerprint density at radius 2 is 1.76 bits per heavy atom. The van der Waals surface area contributed by atoms with Crippen LogP contribution in [0.1, 0.15) is 12.5 Å². The monoisotopic (exact) mass is 303 g/mol. The maximum atomic E-state index is 12.6. The highest BCUT2D eigenvalue weighted by atomic mass is 19.4. The van der Waals surface area contributed by atoms with Crippen LogP contribution in [0, 0.1) is 0 Å². The maximum absolute atomic E-state index is 12.6. The van der Waals surface area contributed by atoms with Gasteiger partial charge in [-0.15, -0.1) is 0 Å². The highest BCUT2D eigenvalue weighted by molar-refractivity contribution is 6.40. The molecule has 0 aromatic heterocycles. The van der Waals surface area contributed by atoms with Gasteiger partial charge in [-0.2, -0.15) is 18.2 Å². The molecule has 0 saturated carbocycles. The number of nitrogens with zero attached hydrogens (tertiary/aromatic N) is 1. The molecule has 1 aromatic carbocycles. The number of hydrogen-bond acceptors (Lipinski definition) is 4. The van der Waals surface area contributed by atoms with Gasteiger partial charge in [-0.1, -0.05) is 30.3 Å². The van der Waals surface area contributed by atoms with E-state index in [0.29, 0.717) is 5.56 Å². The summed E-state index contributed by atoms with van der Waals surface area (Å²) >= 11 is 0. The van der Waals surface area contributed by atoms with Crippen LogP contribution in [0.2, 0.25) is 0 Å². The van der Waals surface area contributed by atoms with Gasteiger partial charge in [-0.05, 0) is 12.5 Å². The van der Waals surface area contributed by atoms with Crippen molar-refractivity contribution in [2.45, 2.75) is 19.7 Å². The number of rotatable bonds is 4. The molecule has 1 rings (SSSR count). The molecule has 0 aliphatic heterocycles. The van der Waals surface area contributed by atoms with E-state index in [1.165, 1.54) is 6.92 Å². The molecular formula is C13H12F3NO4. The van der Waals surface area contributed by atoms with E-state index in [2.05, 4.69) is 14.5 Å². The Hall–Kier alpha value is -2.38. The Labute approximate surface area is 118 Å². The summed E-state index contributed by atoms with van der Waals surface area (Å²) in [5.41, 5.74) is -1.37. The van der Waals surface area contributed by atoms with E-state index in [1.807, 2.05) is 0 Å². The molecule has 1 aromatic rings. The summed E-state index contributed by atoms with van der Waals surface area (Å²) in [6, 6.07) is 8.31. The number of carbonyl (C=O) groups excluding carboxylic acids is 2. The summed E-state index contributed by atoms with van der Waals surface area (Å²) in [6.45, 7) is 0.809. The van der Waals surface area contributed by atoms with Crippen LogP contribution in [-0.4, -0.2) is 30.6 Å². The molecule has 1 amide bonds. The number of esters is 1. The van der Waals surface area contributed by atoms with Gasteiger partial charge < -0.3 is 9.47 Å². The summed E-state index contributed by atoms with van der Waals surface area (Å²) in [6.07, 6.45) is -6.61. The lowest BCUT2D eigenvalue weighted by atomic mass is 10.2. The van der Waals surface area contributed by atoms with Gasteiger partial charge in [0.15, 0.2) is 0 Å². The molecule has 0 saturated heterocycles. The summed E-state index contributed by atoms with van der Waals surface area (Å²) in [4.78, 5) is 25.0. The summed E-state index contributed by atoms with van der Waals surface area (Å²) < 4.78 is 46.5. The zero-order valence-corrected chi connectivity index (χ0v) is 11.0. The van der Waals surface area contributed by atoms with Gasteiger partial charge in [0.1, 0.15) is 6.61 Å². The van der Waals surface area contributed by atoms with Crippen LogP contribution in [0.5, 0.6) is 0 Å². The fourth-order valence-corrected chi connectivity index (χ4v) is 1.27.